The molecule has 1 aromatic carbocycles. The van der Waals surface area contributed by atoms with Gasteiger partial charge in [0.05, 0.1) is 19.2 Å². The fourth-order valence-corrected chi connectivity index (χ4v) is 4.32. The van der Waals surface area contributed by atoms with Gasteiger partial charge in [-0.1, -0.05) is 6.07 Å². The Morgan fingerprint density at radius 3 is 2.50 bits per heavy atom. The first kappa shape index (κ1) is 21.6. The second-order valence-corrected chi connectivity index (χ2v) is 8.49. The van der Waals surface area contributed by atoms with Crippen LogP contribution in [-0.2, 0) is 22.6 Å². The van der Waals surface area contributed by atoms with Crippen molar-refractivity contribution in [2.75, 3.05) is 17.2 Å². The van der Waals surface area contributed by atoms with Crippen molar-refractivity contribution in [3.63, 3.8) is 0 Å². The van der Waals surface area contributed by atoms with Crippen molar-refractivity contribution in [3.05, 3.63) is 70.8 Å². The van der Waals surface area contributed by atoms with Crippen LogP contribution in [0.25, 0.3) is 0 Å². The highest BCUT2D eigenvalue weighted by atomic mass is 32.1. The second-order valence-electron chi connectivity index (χ2n) is 7.45. The van der Waals surface area contributed by atoms with E-state index in [0.717, 1.165) is 11.3 Å². The summed E-state index contributed by atoms with van der Waals surface area (Å²) >= 11 is 1.54. The van der Waals surface area contributed by atoms with Crippen molar-refractivity contribution in [1.29, 1.82) is 0 Å². The molecule has 0 saturated carbocycles. The third kappa shape index (κ3) is 5.55. The number of amides is 4. The summed E-state index contributed by atoms with van der Waals surface area (Å²) in [6.45, 7) is 0.883. The van der Waals surface area contributed by atoms with Gasteiger partial charge in [-0.25, -0.2) is 4.79 Å². The Bertz CT molecular complexity index is 1050. The molecule has 0 radical (unpaired) electrons. The molecular formula is C23H24N4O4S. The highest BCUT2D eigenvalue weighted by molar-refractivity contribution is 7.10. The maximum Gasteiger partial charge on any atom is 0.319 e. The maximum absolute atomic E-state index is 12.8. The third-order valence-electron chi connectivity index (χ3n) is 5.19. The normalized spacial score (nSPS) is 15.4. The van der Waals surface area contributed by atoms with Gasteiger partial charge in [-0.15, -0.1) is 11.3 Å². The molecule has 0 bridgehead atoms. The van der Waals surface area contributed by atoms with Crippen molar-refractivity contribution in [2.45, 2.75) is 31.8 Å². The van der Waals surface area contributed by atoms with Gasteiger partial charge >= 0.3 is 6.03 Å². The van der Waals surface area contributed by atoms with Gasteiger partial charge in [0.2, 0.25) is 11.8 Å². The molecule has 1 aliphatic rings. The van der Waals surface area contributed by atoms with Crippen LogP contribution < -0.4 is 16.0 Å². The molecule has 1 unspecified atom stereocenters. The average Bonchev–Trinajstić information content (AvgIpc) is 3.55. The van der Waals surface area contributed by atoms with E-state index in [2.05, 4.69) is 16.0 Å². The minimum Gasteiger partial charge on any atom is -0.467 e. The van der Waals surface area contributed by atoms with Gasteiger partial charge in [0.25, 0.3) is 0 Å². The van der Waals surface area contributed by atoms with Gasteiger partial charge in [0, 0.05) is 22.8 Å². The molecule has 2 aromatic heterocycles. The number of nitrogens with one attached hydrogen (secondary N) is 3. The lowest BCUT2D eigenvalue weighted by Crippen LogP contribution is -2.43. The largest absolute Gasteiger partial charge is 0.467 e. The Hall–Kier alpha value is -3.59. The van der Waals surface area contributed by atoms with Crippen LogP contribution >= 0.6 is 11.3 Å². The SMILES string of the molecule is O=C(NCc1ccco1)Nc1ccc(NC(=O)C2CCCN2C(=O)Cc2cccs2)cc1. The molecule has 3 N–H and O–H groups in total. The van der Waals surface area contributed by atoms with Crippen LogP contribution in [0.1, 0.15) is 23.5 Å². The molecule has 8 nitrogen and oxygen atoms in total. The fraction of sp³-hybridized carbons (Fsp3) is 0.261. The zero-order chi connectivity index (χ0) is 22.3. The molecule has 1 saturated heterocycles. The van der Waals surface area contributed by atoms with Crippen LogP contribution in [0.15, 0.2) is 64.6 Å². The van der Waals surface area contributed by atoms with E-state index in [0.29, 0.717) is 36.5 Å². The average molecular weight is 453 g/mol. The van der Waals surface area contributed by atoms with Crippen molar-refractivity contribution >= 4 is 40.6 Å². The van der Waals surface area contributed by atoms with Crippen LogP contribution in [0.5, 0.6) is 0 Å². The summed E-state index contributed by atoms with van der Waals surface area (Å²) in [6, 6.07) is 13.4. The Balaban J connectivity index is 1.28. The minimum absolute atomic E-state index is 0.0230. The number of hydrogen-bond donors (Lipinski definition) is 3. The van der Waals surface area contributed by atoms with Gasteiger partial charge in [-0.05, 0) is 60.7 Å². The lowest BCUT2D eigenvalue weighted by molar-refractivity contribution is -0.136. The van der Waals surface area contributed by atoms with Crippen LogP contribution in [0.3, 0.4) is 0 Å². The highest BCUT2D eigenvalue weighted by Gasteiger charge is 2.34. The van der Waals surface area contributed by atoms with Gasteiger partial charge < -0.3 is 25.3 Å². The van der Waals surface area contributed by atoms with E-state index < -0.39 is 6.04 Å². The Morgan fingerprint density at radius 1 is 1.03 bits per heavy atom. The van der Waals surface area contributed by atoms with E-state index >= 15 is 0 Å². The summed E-state index contributed by atoms with van der Waals surface area (Å²) in [7, 11) is 0. The number of thiophene rings is 1. The maximum atomic E-state index is 12.8. The number of likely N-dealkylation sites (tertiary alicyclic amines) is 1. The monoisotopic (exact) mass is 452 g/mol. The number of anilines is 2. The van der Waals surface area contributed by atoms with E-state index in [-0.39, 0.29) is 24.4 Å². The molecule has 9 heteroatoms. The number of carbonyl (C=O) groups excluding carboxylic acids is 3. The van der Waals surface area contributed by atoms with Crippen molar-refractivity contribution in [3.8, 4) is 0 Å². The molecule has 4 rings (SSSR count). The first-order valence-corrected chi connectivity index (χ1v) is 11.3. The lowest BCUT2D eigenvalue weighted by Gasteiger charge is -2.24. The molecule has 1 fully saturated rings. The van der Waals surface area contributed by atoms with E-state index in [1.54, 1.807) is 58.9 Å². The Morgan fingerprint density at radius 2 is 1.81 bits per heavy atom. The number of hydrogen-bond acceptors (Lipinski definition) is 5. The molecule has 3 aromatic rings. The topological polar surface area (TPSA) is 104 Å². The zero-order valence-corrected chi connectivity index (χ0v) is 18.2. The highest BCUT2D eigenvalue weighted by Crippen LogP contribution is 2.22. The van der Waals surface area contributed by atoms with E-state index in [9.17, 15) is 14.4 Å². The number of carbonyl (C=O) groups is 3. The Labute approximate surface area is 189 Å². The summed E-state index contributed by atoms with van der Waals surface area (Å²) in [5.41, 5.74) is 1.20. The summed E-state index contributed by atoms with van der Waals surface area (Å²) in [5, 5.41) is 10.2. The lowest BCUT2D eigenvalue weighted by atomic mass is 10.2. The molecule has 32 heavy (non-hydrogen) atoms. The minimum atomic E-state index is -0.465. The molecule has 0 spiro atoms. The van der Waals surface area contributed by atoms with Crippen LogP contribution in [-0.4, -0.2) is 35.3 Å². The molecule has 4 amide bonds. The molecule has 0 aliphatic carbocycles. The smallest absolute Gasteiger partial charge is 0.319 e. The summed E-state index contributed by atoms with van der Waals surface area (Å²) in [5.74, 6) is 0.442. The van der Waals surface area contributed by atoms with Gasteiger partial charge in [0.15, 0.2) is 0 Å². The summed E-state index contributed by atoms with van der Waals surface area (Å²) in [4.78, 5) is 40.1. The summed E-state index contributed by atoms with van der Waals surface area (Å²) in [6.07, 6.45) is 3.33. The van der Waals surface area contributed by atoms with Crippen LogP contribution in [0, 0.1) is 0 Å². The number of nitrogens with zero attached hydrogens (tertiary/aromatic N) is 1. The van der Waals surface area contributed by atoms with Crippen LogP contribution in [0.4, 0.5) is 16.2 Å². The number of urea groups is 1. The predicted molar refractivity (Wildman–Crippen MR) is 122 cm³/mol. The standard InChI is InChI=1S/C23H24N4O4S/c28-21(14-19-5-3-13-32-19)27-11-1-6-20(27)22(29)25-16-7-9-17(10-8-16)26-23(30)24-15-18-4-2-12-31-18/h2-5,7-10,12-13,20H,1,6,11,14-15H2,(H,25,29)(H2,24,26,30). The number of rotatable bonds is 7. The van der Waals surface area contributed by atoms with E-state index in [1.165, 1.54) is 0 Å². The first-order chi connectivity index (χ1) is 15.6. The zero-order valence-electron chi connectivity index (χ0n) is 17.4. The molecule has 1 atom stereocenters. The molecule has 166 valence electrons. The van der Waals surface area contributed by atoms with Gasteiger partial charge in [0.1, 0.15) is 11.8 Å². The number of furan rings is 1. The molecule has 1 aliphatic heterocycles. The Kier molecular flexibility index (Phi) is 6.86. The third-order valence-corrected chi connectivity index (χ3v) is 6.07. The van der Waals surface area contributed by atoms with E-state index in [4.69, 9.17) is 4.42 Å². The van der Waals surface area contributed by atoms with Crippen LogP contribution in [0.2, 0.25) is 0 Å². The van der Waals surface area contributed by atoms with Crippen molar-refractivity contribution < 1.29 is 18.8 Å². The quantitative estimate of drug-likeness (QED) is 0.507. The first-order valence-electron chi connectivity index (χ1n) is 10.4. The second kappa shape index (κ2) is 10.1. The van der Waals surface area contributed by atoms with Gasteiger partial charge in [-0.2, -0.15) is 0 Å². The van der Waals surface area contributed by atoms with Crippen molar-refractivity contribution in [1.82, 2.24) is 10.2 Å². The number of benzene rings is 1. The van der Waals surface area contributed by atoms with Gasteiger partial charge in [-0.3, -0.25) is 9.59 Å². The molecular weight excluding hydrogens is 428 g/mol. The van der Waals surface area contributed by atoms with E-state index in [1.807, 2.05) is 17.5 Å². The predicted octanol–water partition coefficient (Wildman–Crippen LogP) is 3.84. The fourth-order valence-electron chi connectivity index (χ4n) is 3.62. The summed E-state index contributed by atoms with van der Waals surface area (Å²) < 4.78 is 5.17. The van der Waals surface area contributed by atoms with Crippen molar-refractivity contribution in [2.24, 2.45) is 0 Å². The molecule has 3 heterocycles.